The van der Waals surface area contributed by atoms with Crippen molar-refractivity contribution in [1.29, 1.82) is 0 Å². The molecule has 0 unspecified atom stereocenters. The van der Waals surface area contributed by atoms with E-state index in [0.717, 1.165) is 10.9 Å². The summed E-state index contributed by atoms with van der Waals surface area (Å²) in [6.45, 7) is 4.57. The number of rotatable bonds is 5. The Labute approximate surface area is 118 Å². The number of aromatic nitrogens is 2. The van der Waals surface area contributed by atoms with Crippen molar-refractivity contribution in [3.8, 4) is 0 Å². The summed E-state index contributed by atoms with van der Waals surface area (Å²) in [5.74, 6) is -0.0785. The molecule has 108 valence electrons. The summed E-state index contributed by atoms with van der Waals surface area (Å²) in [7, 11) is 1.84. The summed E-state index contributed by atoms with van der Waals surface area (Å²) in [5, 5.41) is 14.2. The van der Waals surface area contributed by atoms with Crippen LogP contribution in [0.4, 0.5) is 0 Å². The number of hydrogen-bond donors (Lipinski definition) is 1. The second-order valence-corrected chi connectivity index (χ2v) is 5.16. The molecule has 1 heterocycles. The van der Waals surface area contributed by atoms with Gasteiger partial charge < -0.3 is 10.0 Å². The minimum atomic E-state index is -0.0785. The molecule has 1 N–H and O–H groups in total. The van der Waals surface area contributed by atoms with Crippen molar-refractivity contribution in [1.82, 2.24) is 14.7 Å². The van der Waals surface area contributed by atoms with E-state index in [4.69, 9.17) is 5.11 Å². The predicted octanol–water partition coefficient (Wildman–Crippen LogP) is 1.81. The molecule has 1 aromatic heterocycles. The highest BCUT2D eigenvalue weighted by molar-refractivity contribution is 6.04. The first-order valence-corrected chi connectivity index (χ1v) is 6.89. The van der Waals surface area contributed by atoms with Gasteiger partial charge in [0.15, 0.2) is 5.69 Å². The van der Waals surface area contributed by atoms with Crippen molar-refractivity contribution < 1.29 is 9.90 Å². The van der Waals surface area contributed by atoms with E-state index in [0.29, 0.717) is 18.7 Å². The fourth-order valence-electron chi connectivity index (χ4n) is 2.34. The third kappa shape index (κ3) is 2.67. The van der Waals surface area contributed by atoms with Crippen LogP contribution in [-0.2, 0) is 7.05 Å². The zero-order valence-corrected chi connectivity index (χ0v) is 12.2. The number of aryl methyl sites for hydroxylation is 1. The van der Waals surface area contributed by atoms with E-state index >= 15 is 0 Å². The van der Waals surface area contributed by atoms with E-state index in [1.54, 1.807) is 9.58 Å². The number of aliphatic hydroxyl groups excluding tert-OH is 1. The number of nitrogens with zero attached hydrogens (tertiary/aromatic N) is 3. The highest BCUT2D eigenvalue weighted by atomic mass is 16.3. The van der Waals surface area contributed by atoms with Crippen LogP contribution in [0.1, 0.15) is 30.8 Å². The summed E-state index contributed by atoms with van der Waals surface area (Å²) >= 11 is 0. The number of aliphatic hydroxyl groups is 1. The number of carbonyl (C=O) groups excluding carboxylic acids is 1. The molecule has 0 saturated carbocycles. The van der Waals surface area contributed by atoms with Crippen LogP contribution in [0.2, 0.25) is 0 Å². The van der Waals surface area contributed by atoms with E-state index in [1.165, 1.54) is 0 Å². The standard InChI is InChI=1S/C15H21N3O2/c1-11(2)18(9-6-10-19)15(20)14-12-7-4-5-8-13(12)17(3)16-14/h4-5,7-8,11,19H,6,9-10H2,1-3H3. The van der Waals surface area contributed by atoms with Gasteiger partial charge in [-0.2, -0.15) is 5.10 Å². The molecule has 0 fully saturated rings. The van der Waals surface area contributed by atoms with Crippen LogP contribution < -0.4 is 0 Å². The van der Waals surface area contributed by atoms with Crippen molar-refractivity contribution in [3.05, 3.63) is 30.0 Å². The SMILES string of the molecule is CC(C)N(CCCO)C(=O)c1nn(C)c2ccccc12. The molecule has 0 aliphatic heterocycles. The molecule has 1 amide bonds. The van der Waals surface area contributed by atoms with Crippen LogP contribution in [0.3, 0.4) is 0 Å². The van der Waals surface area contributed by atoms with E-state index in [-0.39, 0.29) is 18.6 Å². The lowest BCUT2D eigenvalue weighted by Gasteiger charge is -2.25. The summed E-state index contributed by atoms with van der Waals surface area (Å²) in [6.07, 6.45) is 0.578. The Morgan fingerprint density at radius 2 is 2.10 bits per heavy atom. The molecule has 5 heteroatoms. The Balaban J connectivity index is 2.39. The van der Waals surface area contributed by atoms with Gasteiger partial charge in [0.25, 0.3) is 5.91 Å². The van der Waals surface area contributed by atoms with E-state index in [2.05, 4.69) is 5.10 Å². The Bertz CT molecular complexity index is 604. The summed E-state index contributed by atoms with van der Waals surface area (Å²) in [5.41, 5.74) is 1.43. The molecule has 2 rings (SSSR count). The maximum Gasteiger partial charge on any atom is 0.275 e. The average Bonchev–Trinajstić information content (AvgIpc) is 2.77. The van der Waals surface area contributed by atoms with E-state index in [9.17, 15) is 4.79 Å². The predicted molar refractivity (Wildman–Crippen MR) is 78.6 cm³/mol. The van der Waals surface area contributed by atoms with Crippen molar-refractivity contribution in [2.45, 2.75) is 26.3 Å². The van der Waals surface area contributed by atoms with Gasteiger partial charge in [-0.25, -0.2) is 0 Å². The normalized spacial score (nSPS) is 11.2. The van der Waals surface area contributed by atoms with Gasteiger partial charge in [0, 0.05) is 31.6 Å². The topological polar surface area (TPSA) is 58.4 Å². The minimum Gasteiger partial charge on any atom is -0.396 e. The largest absolute Gasteiger partial charge is 0.396 e. The molecule has 0 saturated heterocycles. The third-order valence-corrected chi connectivity index (χ3v) is 3.40. The van der Waals surface area contributed by atoms with Crippen LogP contribution in [0.25, 0.3) is 10.9 Å². The molecule has 5 nitrogen and oxygen atoms in total. The minimum absolute atomic E-state index is 0.0785. The second-order valence-electron chi connectivity index (χ2n) is 5.16. The van der Waals surface area contributed by atoms with Gasteiger partial charge in [0.05, 0.1) is 5.52 Å². The molecule has 0 bridgehead atoms. The number of benzene rings is 1. The third-order valence-electron chi connectivity index (χ3n) is 3.40. The molecule has 0 aliphatic rings. The van der Waals surface area contributed by atoms with Crippen LogP contribution in [-0.4, -0.2) is 44.9 Å². The molecule has 0 atom stereocenters. The first-order valence-electron chi connectivity index (χ1n) is 6.89. The Hall–Kier alpha value is -1.88. The monoisotopic (exact) mass is 275 g/mol. The fraction of sp³-hybridized carbons (Fsp3) is 0.467. The maximum absolute atomic E-state index is 12.7. The summed E-state index contributed by atoms with van der Waals surface area (Å²) < 4.78 is 1.73. The first-order chi connectivity index (χ1) is 9.56. The van der Waals surface area contributed by atoms with Gasteiger partial charge in [-0.1, -0.05) is 18.2 Å². The van der Waals surface area contributed by atoms with Crippen LogP contribution in [0.15, 0.2) is 24.3 Å². The first kappa shape index (κ1) is 14.5. The van der Waals surface area contributed by atoms with Crippen molar-refractivity contribution >= 4 is 16.8 Å². The lowest BCUT2D eigenvalue weighted by molar-refractivity contribution is 0.0688. The lowest BCUT2D eigenvalue weighted by atomic mass is 10.1. The summed E-state index contributed by atoms with van der Waals surface area (Å²) in [4.78, 5) is 14.4. The maximum atomic E-state index is 12.7. The molecular formula is C15H21N3O2. The number of amides is 1. The highest BCUT2D eigenvalue weighted by Gasteiger charge is 2.23. The number of carbonyl (C=O) groups is 1. The van der Waals surface area contributed by atoms with E-state index < -0.39 is 0 Å². The van der Waals surface area contributed by atoms with E-state index in [1.807, 2.05) is 45.2 Å². The van der Waals surface area contributed by atoms with Gasteiger partial charge in [-0.15, -0.1) is 0 Å². The molecule has 1 aromatic carbocycles. The Kier molecular flexibility index (Phi) is 4.39. The smallest absolute Gasteiger partial charge is 0.275 e. The quantitative estimate of drug-likeness (QED) is 0.905. The lowest BCUT2D eigenvalue weighted by Crippen LogP contribution is -2.38. The molecule has 2 aromatic rings. The fourth-order valence-corrected chi connectivity index (χ4v) is 2.34. The average molecular weight is 275 g/mol. The van der Waals surface area contributed by atoms with Gasteiger partial charge >= 0.3 is 0 Å². The van der Waals surface area contributed by atoms with Gasteiger partial charge in [-0.05, 0) is 26.3 Å². The van der Waals surface area contributed by atoms with Crippen molar-refractivity contribution in [2.24, 2.45) is 7.05 Å². The zero-order valence-electron chi connectivity index (χ0n) is 12.2. The number of para-hydroxylation sites is 1. The van der Waals surface area contributed by atoms with Gasteiger partial charge in [0.1, 0.15) is 0 Å². The van der Waals surface area contributed by atoms with Gasteiger partial charge in [0.2, 0.25) is 0 Å². The highest BCUT2D eigenvalue weighted by Crippen LogP contribution is 2.19. The Morgan fingerprint density at radius 1 is 1.40 bits per heavy atom. The number of fused-ring (bicyclic) bond motifs is 1. The number of hydrogen-bond acceptors (Lipinski definition) is 3. The molecular weight excluding hydrogens is 254 g/mol. The molecule has 20 heavy (non-hydrogen) atoms. The van der Waals surface area contributed by atoms with Crippen LogP contribution in [0.5, 0.6) is 0 Å². The van der Waals surface area contributed by atoms with Crippen LogP contribution >= 0.6 is 0 Å². The Morgan fingerprint density at radius 3 is 2.75 bits per heavy atom. The second kappa shape index (κ2) is 6.05. The van der Waals surface area contributed by atoms with Gasteiger partial charge in [-0.3, -0.25) is 9.48 Å². The van der Waals surface area contributed by atoms with Crippen LogP contribution in [0, 0.1) is 0 Å². The molecule has 0 aliphatic carbocycles. The van der Waals surface area contributed by atoms with Crippen molar-refractivity contribution in [2.75, 3.05) is 13.2 Å². The zero-order chi connectivity index (χ0) is 14.7. The molecule has 0 spiro atoms. The molecule has 0 radical (unpaired) electrons. The summed E-state index contributed by atoms with van der Waals surface area (Å²) in [6, 6.07) is 7.79. The van der Waals surface area contributed by atoms with Crippen molar-refractivity contribution in [3.63, 3.8) is 0 Å².